The van der Waals surface area contributed by atoms with Crippen molar-refractivity contribution >= 4 is 20.2 Å². The monoisotopic (exact) mass is 488 g/mol. The molecule has 0 radical (unpaired) electrons. The molecule has 6 nitrogen and oxygen atoms in total. The summed E-state index contributed by atoms with van der Waals surface area (Å²) < 4.78 is 60.5. The third-order valence-corrected chi connectivity index (χ3v) is 7.87. The smallest absolute Gasteiger partial charge is 0.266 e. The molecular formula is C25H28O6S2. The second-order valence-corrected chi connectivity index (χ2v) is 11.1. The molecule has 8 heteroatoms. The van der Waals surface area contributed by atoms with Gasteiger partial charge in [-0.2, -0.15) is 16.8 Å². The first kappa shape index (κ1) is 25.1. The Hall–Kier alpha value is -2.52. The van der Waals surface area contributed by atoms with E-state index in [0.717, 1.165) is 16.7 Å². The van der Waals surface area contributed by atoms with E-state index in [9.17, 15) is 16.8 Å². The minimum Gasteiger partial charge on any atom is -0.266 e. The molecule has 3 aromatic carbocycles. The zero-order valence-corrected chi connectivity index (χ0v) is 20.3. The van der Waals surface area contributed by atoms with Gasteiger partial charge < -0.3 is 0 Å². The van der Waals surface area contributed by atoms with Crippen molar-refractivity contribution in [1.82, 2.24) is 0 Å². The van der Waals surface area contributed by atoms with Gasteiger partial charge in [-0.05, 0) is 56.5 Å². The van der Waals surface area contributed by atoms with E-state index in [0.29, 0.717) is 12.8 Å². The van der Waals surface area contributed by atoms with Crippen LogP contribution < -0.4 is 0 Å². The fourth-order valence-corrected chi connectivity index (χ4v) is 5.18. The summed E-state index contributed by atoms with van der Waals surface area (Å²) in [5.41, 5.74) is 2.83. The summed E-state index contributed by atoms with van der Waals surface area (Å²) in [6.07, 6.45) is 0.912. The molecule has 0 aliphatic rings. The predicted molar refractivity (Wildman–Crippen MR) is 127 cm³/mol. The molecule has 0 amide bonds. The maximum Gasteiger partial charge on any atom is 0.296 e. The molecule has 0 heterocycles. The summed E-state index contributed by atoms with van der Waals surface area (Å²) >= 11 is 0. The van der Waals surface area contributed by atoms with E-state index in [1.54, 1.807) is 24.3 Å². The van der Waals surface area contributed by atoms with E-state index in [2.05, 4.69) is 0 Å². The minimum absolute atomic E-state index is 0.00967. The van der Waals surface area contributed by atoms with Crippen molar-refractivity contribution in [2.45, 2.75) is 42.4 Å². The van der Waals surface area contributed by atoms with Crippen molar-refractivity contribution in [3.8, 4) is 0 Å². The fraction of sp³-hybridized carbons (Fsp3) is 0.280. The van der Waals surface area contributed by atoms with Gasteiger partial charge in [0, 0.05) is 5.92 Å². The van der Waals surface area contributed by atoms with Gasteiger partial charge in [0.1, 0.15) is 0 Å². The summed E-state index contributed by atoms with van der Waals surface area (Å²) in [6, 6.07) is 22.4. The van der Waals surface area contributed by atoms with Crippen LogP contribution in [0.2, 0.25) is 0 Å². The molecule has 0 N–H and O–H groups in total. The highest BCUT2D eigenvalue weighted by Gasteiger charge is 2.20. The maximum absolute atomic E-state index is 12.6. The van der Waals surface area contributed by atoms with E-state index in [4.69, 9.17) is 8.37 Å². The summed E-state index contributed by atoms with van der Waals surface area (Å²) in [7, 11) is -7.74. The van der Waals surface area contributed by atoms with Crippen LogP contribution >= 0.6 is 0 Å². The highest BCUT2D eigenvalue weighted by Crippen LogP contribution is 2.25. The summed E-state index contributed by atoms with van der Waals surface area (Å²) in [4.78, 5) is 0.215. The van der Waals surface area contributed by atoms with Crippen LogP contribution in [0.1, 0.15) is 35.4 Å². The van der Waals surface area contributed by atoms with Gasteiger partial charge in [-0.3, -0.25) is 8.37 Å². The molecule has 0 fully saturated rings. The molecule has 0 aromatic heterocycles. The van der Waals surface area contributed by atoms with Crippen LogP contribution in [0.4, 0.5) is 0 Å². The number of hydrogen-bond donors (Lipinski definition) is 0. The minimum atomic E-state index is -3.90. The Morgan fingerprint density at radius 2 is 1.15 bits per heavy atom. The lowest BCUT2D eigenvalue weighted by atomic mass is 9.95. The van der Waals surface area contributed by atoms with Crippen molar-refractivity contribution in [2.24, 2.45) is 0 Å². The van der Waals surface area contributed by atoms with Gasteiger partial charge in [0.25, 0.3) is 20.2 Å². The second-order valence-electron chi connectivity index (χ2n) is 7.89. The van der Waals surface area contributed by atoms with Gasteiger partial charge in [0.2, 0.25) is 0 Å². The lowest BCUT2D eigenvalue weighted by molar-refractivity contribution is 0.264. The number of hydrogen-bond acceptors (Lipinski definition) is 6. The van der Waals surface area contributed by atoms with Gasteiger partial charge in [-0.15, -0.1) is 0 Å². The summed E-state index contributed by atoms with van der Waals surface area (Å²) in [5, 5.41) is 0. The third-order valence-electron chi connectivity index (χ3n) is 5.25. The first-order valence-corrected chi connectivity index (χ1v) is 13.5. The number of benzene rings is 3. The molecule has 33 heavy (non-hydrogen) atoms. The van der Waals surface area contributed by atoms with Gasteiger partial charge >= 0.3 is 0 Å². The van der Waals surface area contributed by atoms with Crippen molar-refractivity contribution in [3.63, 3.8) is 0 Å². The van der Waals surface area contributed by atoms with Gasteiger partial charge in [-0.25, -0.2) is 0 Å². The Labute approximate surface area is 196 Å². The average Bonchev–Trinajstić information content (AvgIpc) is 2.79. The van der Waals surface area contributed by atoms with Crippen LogP contribution in [0.25, 0.3) is 0 Å². The van der Waals surface area contributed by atoms with Crippen LogP contribution in [0, 0.1) is 13.8 Å². The van der Waals surface area contributed by atoms with Crippen LogP contribution in [0.15, 0.2) is 88.7 Å². The van der Waals surface area contributed by atoms with E-state index in [1.165, 1.54) is 24.3 Å². The molecule has 0 aliphatic carbocycles. The molecule has 0 unspecified atom stereocenters. The zero-order chi connectivity index (χ0) is 23.9. The molecule has 0 saturated heterocycles. The first-order chi connectivity index (χ1) is 15.7. The van der Waals surface area contributed by atoms with Gasteiger partial charge in [0.15, 0.2) is 0 Å². The first-order valence-electron chi connectivity index (χ1n) is 10.6. The standard InChI is InChI=1S/C25H28O6S2/c1-20-10-14-24(15-11-20)32(26,27)30-18-6-9-23(22-7-4-3-5-8-22)19-31-33(28,29)25-16-12-21(2)13-17-25/h3-5,7-8,10-17,23H,6,9,18-19H2,1-2H3/t23-/m1/s1. The average molecular weight is 489 g/mol. The van der Waals surface area contributed by atoms with Crippen molar-refractivity contribution in [3.05, 3.63) is 95.6 Å². The molecule has 0 saturated carbocycles. The molecular weight excluding hydrogens is 460 g/mol. The van der Waals surface area contributed by atoms with Gasteiger partial charge in [-0.1, -0.05) is 65.7 Å². The highest BCUT2D eigenvalue weighted by atomic mass is 32.2. The largest absolute Gasteiger partial charge is 0.296 e. The predicted octanol–water partition coefficient (Wildman–Crippen LogP) is 4.98. The highest BCUT2D eigenvalue weighted by molar-refractivity contribution is 7.87. The Bertz CT molecular complexity index is 1230. The molecule has 0 bridgehead atoms. The van der Waals surface area contributed by atoms with Gasteiger partial charge in [0.05, 0.1) is 23.0 Å². The molecule has 176 valence electrons. The van der Waals surface area contributed by atoms with Crippen LogP contribution in [0.5, 0.6) is 0 Å². The van der Waals surface area contributed by atoms with E-state index < -0.39 is 20.2 Å². The molecule has 1 atom stereocenters. The number of aryl methyl sites for hydroxylation is 2. The summed E-state index contributed by atoms with van der Waals surface area (Å²) in [5.74, 6) is -0.239. The van der Waals surface area contributed by atoms with Crippen LogP contribution in [-0.4, -0.2) is 30.0 Å². The molecule has 3 aromatic rings. The zero-order valence-electron chi connectivity index (χ0n) is 18.7. The second kappa shape index (κ2) is 11.1. The quantitative estimate of drug-likeness (QED) is 0.280. The van der Waals surface area contributed by atoms with E-state index in [-0.39, 0.29) is 28.9 Å². The molecule has 0 spiro atoms. The van der Waals surface area contributed by atoms with E-state index in [1.807, 2.05) is 44.2 Å². The van der Waals surface area contributed by atoms with E-state index >= 15 is 0 Å². The third kappa shape index (κ3) is 7.23. The lowest BCUT2D eigenvalue weighted by Gasteiger charge is -2.17. The Morgan fingerprint density at radius 1 is 0.667 bits per heavy atom. The van der Waals surface area contributed by atoms with Crippen molar-refractivity contribution in [2.75, 3.05) is 13.2 Å². The SMILES string of the molecule is Cc1ccc(S(=O)(=O)OCCC[C@H](COS(=O)(=O)c2ccc(C)cc2)c2ccccc2)cc1. The lowest BCUT2D eigenvalue weighted by Crippen LogP contribution is -2.15. The molecule has 3 rings (SSSR count). The van der Waals surface area contributed by atoms with Crippen molar-refractivity contribution < 1.29 is 25.2 Å². The van der Waals surface area contributed by atoms with Crippen molar-refractivity contribution in [1.29, 1.82) is 0 Å². The Morgan fingerprint density at radius 3 is 1.67 bits per heavy atom. The van der Waals surface area contributed by atoms with Crippen LogP contribution in [-0.2, 0) is 28.6 Å². The van der Waals surface area contributed by atoms with Crippen LogP contribution in [0.3, 0.4) is 0 Å². The summed E-state index contributed by atoms with van der Waals surface area (Å²) in [6.45, 7) is 3.70. The maximum atomic E-state index is 12.6. The topological polar surface area (TPSA) is 86.7 Å². The Kier molecular flexibility index (Phi) is 8.42. The normalized spacial score (nSPS) is 13.0. The molecule has 0 aliphatic heterocycles. The number of rotatable bonds is 11. The Balaban J connectivity index is 1.62. The fourth-order valence-electron chi connectivity index (χ4n) is 3.29.